The highest BCUT2D eigenvalue weighted by Gasteiger charge is 2.05. The molecule has 21 heavy (non-hydrogen) atoms. The van der Waals surface area contributed by atoms with Gasteiger partial charge in [-0.1, -0.05) is 43.0 Å². The molecule has 0 aliphatic rings. The highest BCUT2D eigenvalue weighted by Crippen LogP contribution is 2.27. The van der Waals surface area contributed by atoms with Gasteiger partial charge in [0.2, 0.25) is 0 Å². The first-order chi connectivity index (χ1) is 10.3. The molecular weight excluding hydrogens is 264 g/mol. The zero-order valence-corrected chi connectivity index (χ0v) is 12.5. The van der Waals surface area contributed by atoms with Crippen LogP contribution in [0.3, 0.4) is 0 Å². The smallest absolute Gasteiger partial charge is 0.161 e. The molecule has 0 N–H and O–H groups in total. The fourth-order valence-corrected chi connectivity index (χ4v) is 2.11. The predicted molar refractivity (Wildman–Crippen MR) is 84.6 cm³/mol. The van der Waals surface area contributed by atoms with Crippen LogP contribution in [-0.4, -0.2) is 14.2 Å². The van der Waals surface area contributed by atoms with Crippen molar-refractivity contribution in [1.82, 2.24) is 0 Å². The second kappa shape index (κ2) is 7.50. The number of methoxy groups -OCH3 is 2. The third kappa shape index (κ3) is 3.86. The van der Waals surface area contributed by atoms with Crippen LogP contribution in [0.25, 0.3) is 6.08 Å². The van der Waals surface area contributed by atoms with Gasteiger partial charge in [0.1, 0.15) is 0 Å². The molecule has 0 amide bonds. The van der Waals surface area contributed by atoms with Gasteiger partial charge in [-0.2, -0.15) is 0 Å². The standard InChI is InChI=1S/C18H20O3/c1-4-15-7-5-6-8-16(15)13-21-12-14-9-10-17(19-2)18(11-14)20-3/h4-11H,1,12-13H2,2-3H3. The van der Waals surface area contributed by atoms with Gasteiger partial charge in [-0.25, -0.2) is 0 Å². The van der Waals surface area contributed by atoms with Crippen molar-refractivity contribution < 1.29 is 14.2 Å². The third-order valence-corrected chi connectivity index (χ3v) is 3.25. The number of rotatable bonds is 7. The van der Waals surface area contributed by atoms with Crippen LogP contribution in [0, 0.1) is 0 Å². The molecule has 2 aromatic carbocycles. The Labute approximate surface area is 125 Å². The van der Waals surface area contributed by atoms with Gasteiger partial charge < -0.3 is 14.2 Å². The highest BCUT2D eigenvalue weighted by molar-refractivity contribution is 5.51. The van der Waals surface area contributed by atoms with Gasteiger partial charge in [0.15, 0.2) is 11.5 Å². The largest absolute Gasteiger partial charge is 0.493 e. The summed E-state index contributed by atoms with van der Waals surface area (Å²) < 4.78 is 16.3. The topological polar surface area (TPSA) is 27.7 Å². The van der Waals surface area contributed by atoms with Crippen LogP contribution in [0.4, 0.5) is 0 Å². The van der Waals surface area contributed by atoms with E-state index in [1.54, 1.807) is 14.2 Å². The molecular formula is C18H20O3. The zero-order valence-electron chi connectivity index (χ0n) is 12.5. The number of benzene rings is 2. The van der Waals surface area contributed by atoms with Gasteiger partial charge in [0.05, 0.1) is 27.4 Å². The molecule has 2 rings (SSSR count). The van der Waals surface area contributed by atoms with Crippen molar-refractivity contribution in [3.8, 4) is 11.5 Å². The second-order valence-corrected chi connectivity index (χ2v) is 4.59. The lowest BCUT2D eigenvalue weighted by Gasteiger charge is -2.11. The van der Waals surface area contributed by atoms with Gasteiger partial charge >= 0.3 is 0 Å². The maximum absolute atomic E-state index is 5.78. The fraction of sp³-hybridized carbons (Fsp3) is 0.222. The maximum Gasteiger partial charge on any atom is 0.161 e. The van der Waals surface area contributed by atoms with Crippen molar-refractivity contribution in [2.45, 2.75) is 13.2 Å². The monoisotopic (exact) mass is 284 g/mol. The van der Waals surface area contributed by atoms with E-state index in [0.717, 1.165) is 22.4 Å². The Kier molecular flexibility index (Phi) is 5.41. The molecule has 0 aliphatic heterocycles. The minimum Gasteiger partial charge on any atom is -0.493 e. The highest BCUT2D eigenvalue weighted by atomic mass is 16.5. The van der Waals surface area contributed by atoms with Crippen LogP contribution in [-0.2, 0) is 18.0 Å². The fourth-order valence-electron chi connectivity index (χ4n) is 2.11. The Hall–Kier alpha value is -2.26. The maximum atomic E-state index is 5.78. The SMILES string of the molecule is C=Cc1ccccc1COCc1ccc(OC)c(OC)c1. The van der Waals surface area contributed by atoms with Crippen LogP contribution in [0.2, 0.25) is 0 Å². The van der Waals surface area contributed by atoms with E-state index < -0.39 is 0 Å². The Balaban J connectivity index is 1.99. The van der Waals surface area contributed by atoms with E-state index in [1.807, 2.05) is 48.5 Å². The Bertz CT molecular complexity index is 605. The molecule has 0 unspecified atom stereocenters. The molecule has 0 bridgehead atoms. The van der Waals surface area contributed by atoms with Crippen molar-refractivity contribution in [1.29, 1.82) is 0 Å². The molecule has 0 aromatic heterocycles. The van der Waals surface area contributed by atoms with Crippen LogP contribution >= 0.6 is 0 Å². The summed E-state index contributed by atoms with van der Waals surface area (Å²) in [5.41, 5.74) is 3.28. The van der Waals surface area contributed by atoms with Gasteiger partial charge in [-0.3, -0.25) is 0 Å². The Morgan fingerprint density at radius 1 is 0.952 bits per heavy atom. The van der Waals surface area contributed by atoms with Crippen LogP contribution in [0.15, 0.2) is 49.0 Å². The molecule has 3 nitrogen and oxygen atoms in total. The van der Waals surface area contributed by atoms with Gasteiger partial charge in [0.25, 0.3) is 0 Å². The molecule has 0 spiro atoms. The summed E-state index contributed by atoms with van der Waals surface area (Å²) in [5, 5.41) is 0. The van der Waals surface area contributed by atoms with E-state index >= 15 is 0 Å². The van der Waals surface area contributed by atoms with E-state index in [4.69, 9.17) is 14.2 Å². The normalized spacial score (nSPS) is 10.2. The van der Waals surface area contributed by atoms with Crippen LogP contribution in [0.5, 0.6) is 11.5 Å². The molecule has 0 heterocycles. The summed E-state index contributed by atoms with van der Waals surface area (Å²) in [6.07, 6.45) is 1.84. The second-order valence-electron chi connectivity index (χ2n) is 4.59. The van der Waals surface area contributed by atoms with E-state index in [1.165, 1.54) is 0 Å². The van der Waals surface area contributed by atoms with Crippen molar-refractivity contribution >= 4 is 6.08 Å². The summed E-state index contributed by atoms with van der Waals surface area (Å²) in [7, 11) is 3.25. The molecule has 3 heteroatoms. The summed E-state index contributed by atoms with van der Waals surface area (Å²) in [6, 6.07) is 13.9. The van der Waals surface area contributed by atoms with Gasteiger partial charge in [-0.05, 0) is 28.8 Å². The first kappa shape index (κ1) is 15.1. The average molecular weight is 284 g/mol. The Morgan fingerprint density at radius 2 is 1.71 bits per heavy atom. The van der Waals surface area contributed by atoms with E-state index in [9.17, 15) is 0 Å². The molecule has 0 atom stereocenters. The summed E-state index contributed by atoms with van der Waals surface area (Å²) in [4.78, 5) is 0. The van der Waals surface area contributed by atoms with Crippen molar-refractivity contribution in [2.24, 2.45) is 0 Å². The van der Waals surface area contributed by atoms with Gasteiger partial charge in [0, 0.05) is 0 Å². The lowest BCUT2D eigenvalue weighted by atomic mass is 10.1. The van der Waals surface area contributed by atoms with Crippen molar-refractivity contribution in [3.63, 3.8) is 0 Å². The molecule has 110 valence electrons. The molecule has 0 fully saturated rings. The lowest BCUT2D eigenvalue weighted by molar-refractivity contribution is 0.107. The lowest BCUT2D eigenvalue weighted by Crippen LogP contribution is -1.97. The summed E-state index contributed by atoms with van der Waals surface area (Å²) >= 11 is 0. The molecule has 0 radical (unpaired) electrons. The zero-order chi connectivity index (χ0) is 15.1. The number of hydrogen-bond acceptors (Lipinski definition) is 3. The van der Waals surface area contributed by atoms with Crippen LogP contribution < -0.4 is 9.47 Å². The quantitative estimate of drug-likeness (QED) is 0.767. The first-order valence-electron chi connectivity index (χ1n) is 6.77. The van der Waals surface area contributed by atoms with E-state index in [2.05, 4.69) is 6.58 Å². The molecule has 2 aromatic rings. The third-order valence-electron chi connectivity index (χ3n) is 3.25. The Morgan fingerprint density at radius 3 is 2.43 bits per heavy atom. The summed E-state index contributed by atoms with van der Waals surface area (Å²) in [6.45, 7) is 4.89. The molecule has 0 saturated heterocycles. The minimum absolute atomic E-state index is 0.520. The van der Waals surface area contributed by atoms with Crippen molar-refractivity contribution in [2.75, 3.05) is 14.2 Å². The van der Waals surface area contributed by atoms with Crippen LogP contribution in [0.1, 0.15) is 16.7 Å². The average Bonchev–Trinajstić information content (AvgIpc) is 2.55. The predicted octanol–water partition coefficient (Wildman–Crippen LogP) is 4.06. The molecule has 0 aliphatic carbocycles. The minimum atomic E-state index is 0.520. The number of hydrogen-bond donors (Lipinski definition) is 0. The van der Waals surface area contributed by atoms with E-state index in [-0.39, 0.29) is 0 Å². The first-order valence-corrected chi connectivity index (χ1v) is 6.77. The van der Waals surface area contributed by atoms with Crippen molar-refractivity contribution in [3.05, 3.63) is 65.7 Å². The number of ether oxygens (including phenoxy) is 3. The van der Waals surface area contributed by atoms with E-state index in [0.29, 0.717) is 19.0 Å². The summed E-state index contributed by atoms with van der Waals surface area (Å²) in [5.74, 6) is 1.43. The molecule has 0 saturated carbocycles. The van der Waals surface area contributed by atoms with Gasteiger partial charge in [-0.15, -0.1) is 0 Å².